The molecule has 1 aromatic rings. The molecule has 1 unspecified atom stereocenters. The SMILES string of the molecule is CC(NC(=N)NNC(=N)N)c1ccccc1. The van der Waals surface area contributed by atoms with Gasteiger partial charge in [0.1, 0.15) is 0 Å². The third-order valence-corrected chi connectivity index (χ3v) is 1.98. The third kappa shape index (κ3) is 3.87. The lowest BCUT2D eigenvalue weighted by molar-refractivity contribution is 0.672. The number of benzene rings is 1. The van der Waals surface area contributed by atoms with E-state index in [9.17, 15) is 0 Å². The summed E-state index contributed by atoms with van der Waals surface area (Å²) in [4.78, 5) is 0. The van der Waals surface area contributed by atoms with E-state index in [4.69, 9.17) is 16.6 Å². The highest BCUT2D eigenvalue weighted by molar-refractivity contribution is 5.81. The van der Waals surface area contributed by atoms with Crippen LogP contribution < -0.4 is 21.9 Å². The molecule has 0 aromatic heterocycles. The Morgan fingerprint density at radius 3 is 2.38 bits per heavy atom. The van der Waals surface area contributed by atoms with Crippen molar-refractivity contribution in [1.29, 1.82) is 10.8 Å². The molecule has 0 heterocycles. The van der Waals surface area contributed by atoms with Crippen LogP contribution in [0.2, 0.25) is 0 Å². The first-order valence-corrected chi connectivity index (χ1v) is 4.85. The van der Waals surface area contributed by atoms with E-state index in [0.717, 1.165) is 5.56 Å². The highest BCUT2D eigenvalue weighted by Gasteiger charge is 2.05. The summed E-state index contributed by atoms with van der Waals surface area (Å²) in [5.74, 6) is -0.175. The smallest absolute Gasteiger partial charge is 0.208 e. The lowest BCUT2D eigenvalue weighted by Crippen LogP contribution is -2.50. The summed E-state index contributed by atoms with van der Waals surface area (Å²) in [7, 11) is 0. The summed E-state index contributed by atoms with van der Waals surface area (Å²) in [5, 5.41) is 17.3. The second-order valence-corrected chi connectivity index (χ2v) is 3.32. The summed E-state index contributed by atoms with van der Waals surface area (Å²) < 4.78 is 0. The van der Waals surface area contributed by atoms with E-state index in [1.54, 1.807) is 0 Å². The zero-order valence-corrected chi connectivity index (χ0v) is 9.04. The van der Waals surface area contributed by atoms with E-state index < -0.39 is 0 Å². The van der Waals surface area contributed by atoms with Crippen molar-refractivity contribution in [3.05, 3.63) is 35.9 Å². The topological polar surface area (TPSA) is 110 Å². The quantitative estimate of drug-likeness (QED) is 0.244. The summed E-state index contributed by atoms with van der Waals surface area (Å²) in [6, 6.07) is 9.79. The van der Waals surface area contributed by atoms with Crippen LogP contribution in [-0.4, -0.2) is 11.9 Å². The number of nitrogens with one attached hydrogen (secondary N) is 5. The molecule has 0 saturated carbocycles. The van der Waals surface area contributed by atoms with E-state index >= 15 is 0 Å². The molecule has 1 rings (SSSR count). The van der Waals surface area contributed by atoms with Gasteiger partial charge in [-0.15, -0.1) is 0 Å². The Kier molecular flexibility index (Phi) is 4.14. The molecular weight excluding hydrogens is 204 g/mol. The number of hydrogen-bond acceptors (Lipinski definition) is 2. The van der Waals surface area contributed by atoms with Gasteiger partial charge in [-0.3, -0.25) is 21.7 Å². The van der Waals surface area contributed by atoms with Crippen LogP contribution in [0, 0.1) is 10.8 Å². The average molecular weight is 220 g/mol. The molecule has 1 atom stereocenters. The molecule has 16 heavy (non-hydrogen) atoms. The predicted molar refractivity (Wildman–Crippen MR) is 63.9 cm³/mol. The van der Waals surface area contributed by atoms with Crippen LogP contribution in [0.25, 0.3) is 0 Å². The molecule has 0 aliphatic carbocycles. The maximum atomic E-state index is 7.52. The zero-order valence-electron chi connectivity index (χ0n) is 9.04. The lowest BCUT2D eigenvalue weighted by Gasteiger charge is -2.17. The van der Waals surface area contributed by atoms with E-state index in [2.05, 4.69) is 16.2 Å². The van der Waals surface area contributed by atoms with Gasteiger partial charge in [0.15, 0.2) is 0 Å². The van der Waals surface area contributed by atoms with Gasteiger partial charge in [-0.2, -0.15) is 0 Å². The van der Waals surface area contributed by atoms with Crippen LogP contribution in [0.5, 0.6) is 0 Å². The first-order chi connectivity index (χ1) is 7.59. The summed E-state index contributed by atoms with van der Waals surface area (Å²) >= 11 is 0. The Hall–Kier alpha value is -2.24. The molecule has 0 saturated heterocycles. The van der Waals surface area contributed by atoms with Crippen molar-refractivity contribution in [2.75, 3.05) is 0 Å². The molecule has 0 bridgehead atoms. The number of hydrogen-bond donors (Lipinski definition) is 6. The fourth-order valence-corrected chi connectivity index (χ4v) is 1.21. The van der Waals surface area contributed by atoms with Crippen molar-refractivity contribution < 1.29 is 0 Å². The number of rotatable bonds is 2. The first kappa shape index (κ1) is 11.8. The van der Waals surface area contributed by atoms with Gasteiger partial charge in [-0.25, -0.2) is 0 Å². The minimum Gasteiger partial charge on any atom is -0.369 e. The third-order valence-electron chi connectivity index (χ3n) is 1.98. The minimum atomic E-state index is -0.237. The highest BCUT2D eigenvalue weighted by atomic mass is 15.5. The molecule has 0 aliphatic heterocycles. The monoisotopic (exact) mass is 220 g/mol. The molecular formula is C10H16N6. The maximum absolute atomic E-state index is 7.52. The van der Waals surface area contributed by atoms with Crippen molar-refractivity contribution in [2.45, 2.75) is 13.0 Å². The Labute approximate surface area is 94.2 Å². The summed E-state index contributed by atoms with van der Waals surface area (Å²) in [6.45, 7) is 1.94. The summed E-state index contributed by atoms with van der Waals surface area (Å²) in [5.41, 5.74) is 10.9. The van der Waals surface area contributed by atoms with Gasteiger partial charge in [0, 0.05) is 0 Å². The Morgan fingerprint density at radius 1 is 1.19 bits per heavy atom. The fourth-order valence-electron chi connectivity index (χ4n) is 1.21. The predicted octanol–water partition coefficient (Wildman–Crippen LogP) is 0.260. The molecule has 0 fully saturated rings. The van der Waals surface area contributed by atoms with Crippen LogP contribution in [-0.2, 0) is 0 Å². The second kappa shape index (κ2) is 5.59. The van der Waals surface area contributed by atoms with Gasteiger partial charge in [-0.05, 0) is 12.5 Å². The van der Waals surface area contributed by atoms with Gasteiger partial charge in [0.25, 0.3) is 0 Å². The highest BCUT2D eigenvalue weighted by Crippen LogP contribution is 2.10. The molecule has 6 nitrogen and oxygen atoms in total. The van der Waals surface area contributed by atoms with Gasteiger partial charge in [0.05, 0.1) is 6.04 Å². The molecule has 86 valence electrons. The van der Waals surface area contributed by atoms with Gasteiger partial charge in [-0.1, -0.05) is 30.3 Å². The van der Waals surface area contributed by atoms with Crippen molar-refractivity contribution in [2.24, 2.45) is 5.73 Å². The van der Waals surface area contributed by atoms with E-state index in [0.29, 0.717) is 0 Å². The zero-order chi connectivity index (χ0) is 12.0. The standard InChI is InChI=1S/C10H16N6/c1-7(8-5-3-2-4-6-8)14-10(13)16-15-9(11)12/h2-7H,1H3,(H4,11,12,15)(H3,13,14,16). The molecule has 0 aliphatic rings. The largest absolute Gasteiger partial charge is 0.369 e. The molecule has 6 heteroatoms. The Bertz CT molecular complexity index is 361. The maximum Gasteiger partial charge on any atom is 0.208 e. The molecule has 1 aromatic carbocycles. The number of guanidine groups is 2. The van der Waals surface area contributed by atoms with Crippen molar-refractivity contribution in [3.63, 3.8) is 0 Å². The lowest BCUT2D eigenvalue weighted by atomic mass is 10.1. The van der Waals surface area contributed by atoms with Crippen LogP contribution in [0.15, 0.2) is 30.3 Å². The van der Waals surface area contributed by atoms with Crippen LogP contribution in [0.4, 0.5) is 0 Å². The number of nitrogens with two attached hydrogens (primary N) is 1. The second-order valence-electron chi connectivity index (χ2n) is 3.32. The first-order valence-electron chi connectivity index (χ1n) is 4.85. The van der Waals surface area contributed by atoms with E-state index in [1.165, 1.54) is 0 Å². The van der Waals surface area contributed by atoms with Crippen LogP contribution in [0.1, 0.15) is 18.5 Å². The van der Waals surface area contributed by atoms with E-state index in [-0.39, 0.29) is 18.0 Å². The molecule has 0 spiro atoms. The van der Waals surface area contributed by atoms with Crippen molar-refractivity contribution in [1.82, 2.24) is 16.2 Å². The molecule has 7 N–H and O–H groups in total. The van der Waals surface area contributed by atoms with Gasteiger partial charge >= 0.3 is 0 Å². The summed E-state index contributed by atoms with van der Waals surface area (Å²) in [6.07, 6.45) is 0. The van der Waals surface area contributed by atoms with Crippen molar-refractivity contribution in [3.8, 4) is 0 Å². The molecule has 0 radical (unpaired) electrons. The fraction of sp³-hybridized carbons (Fsp3) is 0.200. The van der Waals surface area contributed by atoms with Crippen LogP contribution >= 0.6 is 0 Å². The average Bonchev–Trinajstić information content (AvgIpc) is 2.27. The van der Waals surface area contributed by atoms with E-state index in [1.807, 2.05) is 37.3 Å². The Balaban J connectivity index is 2.43. The normalized spacial score (nSPS) is 11.3. The van der Waals surface area contributed by atoms with Gasteiger partial charge < -0.3 is 11.1 Å². The van der Waals surface area contributed by atoms with Crippen LogP contribution in [0.3, 0.4) is 0 Å². The molecule has 0 amide bonds. The van der Waals surface area contributed by atoms with Crippen molar-refractivity contribution >= 4 is 11.9 Å². The number of hydrazine groups is 1. The van der Waals surface area contributed by atoms with Gasteiger partial charge in [0.2, 0.25) is 11.9 Å². The Morgan fingerprint density at radius 2 is 1.81 bits per heavy atom. The minimum absolute atomic E-state index is 0.00922.